The SMILES string of the molecule is CN1CCC[C@@H]1C(=O)N[C@@H](Cc1cccc(F)c1)C(=O)NCc1ccc(N)nc1. The summed E-state index contributed by atoms with van der Waals surface area (Å²) in [7, 11) is 1.90. The molecule has 7 nitrogen and oxygen atoms in total. The number of amides is 2. The number of halogens is 1. The molecule has 0 radical (unpaired) electrons. The third-order valence-corrected chi connectivity index (χ3v) is 5.10. The fourth-order valence-electron chi connectivity index (χ4n) is 3.47. The van der Waals surface area contributed by atoms with Crippen molar-refractivity contribution in [2.75, 3.05) is 19.3 Å². The van der Waals surface area contributed by atoms with Gasteiger partial charge in [-0.2, -0.15) is 0 Å². The van der Waals surface area contributed by atoms with Crippen molar-refractivity contribution in [3.63, 3.8) is 0 Å². The number of carbonyl (C=O) groups is 2. The molecule has 1 aliphatic rings. The Labute approximate surface area is 169 Å². The second-order valence-corrected chi connectivity index (χ2v) is 7.34. The molecule has 8 heteroatoms. The van der Waals surface area contributed by atoms with Crippen LogP contribution >= 0.6 is 0 Å². The predicted octanol–water partition coefficient (Wildman–Crippen LogP) is 1.24. The lowest BCUT2D eigenvalue weighted by molar-refractivity contribution is -0.131. The van der Waals surface area contributed by atoms with Crippen LogP contribution in [0.4, 0.5) is 10.2 Å². The van der Waals surface area contributed by atoms with Crippen LogP contribution < -0.4 is 16.4 Å². The van der Waals surface area contributed by atoms with Gasteiger partial charge in [0, 0.05) is 19.2 Å². The van der Waals surface area contributed by atoms with E-state index in [0.29, 0.717) is 11.4 Å². The van der Waals surface area contributed by atoms with E-state index in [9.17, 15) is 14.0 Å². The summed E-state index contributed by atoms with van der Waals surface area (Å²) < 4.78 is 13.6. The number of hydrogen-bond donors (Lipinski definition) is 3. The van der Waals surface area contributed by atoms with Gasteiger partial charge in [0.05, 0.1) is 6.04 Å². The molecule has 2 aromatic rings. The van der Waals surface area contributed by atoms with Crippen molar-refractivity contribution in [3.8, 4) is 0 Å². The van der Waals surface area contributed by atoms with Crippen LogP contribution in [0, 0.1) is 5.82 Å². The number of pyridine rings is 1. The summed E-state index contributed by atoms with van der Waals surface area (Å²) in [5.74, 6) is -0.496. The van der Waals surface area contributed by atoms with Crippen LogP contribution in [-0.4, -0.2) is 47.4 Å². The molecule has 1 aliphatic heterocycles. The quantitative estimate of drug-likeness (QED) is 0.651. The van der Waals surface area contributed by atoms with E-state index in [2.05, 4.69) is 15.6 Å². The lowest BCUT2D eigenvalue weighted by Crippen LogP contribution is -2.52. The van der Waals surface area contributed by atoms with Gasteiger partial charge in [0.15, 0.2) is 0 Å². The van der Waals surface area contributed by atoms with Crippen LogP contribution in [0.1, 0.15) is 24.0 Å². The van der Waals surface area contributed by atoms with Crippen molar-refractivity contribution in [3.05, 3.63) is 59.5 Å². The van der Waals surface area contributed by atoms with Gasteiger partial charge in [-0.3, -0.25) is 14.5 Å². The minimum atomic E-state index is -0.806. The number of aromatic nitrogens is 1. The van der Waals surface area contributed by atoms with Gasteiger partial charge in [0.2, 0.25) is 11.8 Å². The second-order valence-electron chi connectivity index (χ2n) is 7.34. The minimum Gasteiger partial charge on any atom is -0.384 e. The molecule has 0 aliphatic carbocycles. The molecule has 0 saturated carbocycles. The molecule has 4 N–H and O–H groups in total. The van der Waals surface area contributed by atoms with Crippen molar-refractivity contribution in [1.29, 1.82) is 0 Å². The first kappa shape index (κ1) is 20.7. The van der Waals surface area contributed by atoms with Gasteiger partial charge in [-0.05, 0) is 55.8 Å². The van der Waals surface area contributed by atoms with Crippen LogP contribution in [0.3, 0.4) is 0 Å². The molecule has 2 amide bonds. The lowest BCUT2D eigenvalue weighted by atomic mass is 10.0. The number of rotatable bonds is 7. The molecule has 2 heterocycles. The molecule has 1 fully saturated rings. The topological polar surface area (TPSA) is 100 Å². The maximum atomic E-state index is 13.6. The summed E-state index contributed by atoms with van der Waals surface area (Å²) in [5, 5.41) is 5.67. The molecule has 1 saturated heterocycles. The molecule has 2 atom stereocenters. The first-order valence-corrected chi connectivity index (χ1v) is 9.65. The number of hydrogen-bond acceptors (Lipinski definition) is 5. The average molecular weight is 399 g/mol. The summed E-state index contributed by atoms with van der Waals surface area (Å²) in [6.07, 6.45) is 3.49. The van der Waals surface area contributed by atoms with Gasteiger partial charge in [-0.15, -0.1) is 0 Å². The van der Waals surface area contributed by atoms with Gasteiger partial charge >= 0.3 is 0 Å². The van der Waals surface area contributed by atoms with Gasteiger partial charge < -0.3 is 16.4 Å². The van der Waals surface area contributed by atoms with E-state index in [1.54, 1.807) is 30.5 Å². The van der Waals surface area contributed by atoms with E-state index >= 15 is 0 Å². The molecule has 1 aromatic carbocycles. The molecule has 3 rings (SSSR count). The summed E-state index contributed by atoms with van der Waals surface area (Å²) in [6.45, 7) is 1.11. The van der Waals surface area contributed by atoms with Crippen molar-refractivity contribution in [2.45, 2.75) is 37.9 Å². The summed E-state index contributed by atoms with van der Waals surface area (Å²) in [4.78, 5) is 31.5. The molecule has 0 bridgehead atoms. The summed E-state index contributed by atoms with van der Waals surface area (Å²) in [6, 6.07) is 8.42. The third-order valence-electron chi connectivity index (χ3n) is 5.10. The highest BCUT2D eigenvalue weighted by molar-refractivity contribution is 5.90. The molecular weight excluding hydrogens is 373 g/mol. The summed E-state index contributed by atoms with van der Waals surface area (Å²) >= 11 is 0. The zero-order valence-electron chi connectivity index (χ0n) is 16.4. The van der Waals surface area contributed by atoms with E-state index < -0.39 is 6.04 Å². The number of anilines is 1. The van der Waals surface area contributed by atoms with Gasteiger partial charge in [0.1, 0.15) is 17.7 Å². The van der Waals surface area contributed by atoms with Gasteiger partial charge in [-0.1, -0.05) is 18.2 Å². The number of nitrogen functional groups attached to an aromatic ring is 1. The summed E-state index contributed by atoms with van der Waals surface area (Å²) in [5.41, 5.74) is 7.00. The van der Waals surface area contributed by atoms with Gasteiger partial charge in [0.25, 0.3) is 0 Å². The zero-order chi connectivity index (χ0) is 20.8. The Balaban J connectivity index is 1.69. The lowest BCUT2D eigenvalue weighted by Gasteiger charge is -2.23. The Morgan fingerprint density at radius 1 is 1.31 bits per heavy atom. The number of likely N-dealkylation sites (N-methyl/N-ethyl adjacent to an activating group) is 1. The van der Waals surface area contributed by atoms with Crippen molar-refractivity contribution in [2.24, 2.45) is 0 Å². The maximum absolute atomic E-state index is 13.6. The normalized spacial score (nSPS) is 17.7. The number of likely N-dealkylation sites (tertiary alicyclic amines) is 1. The minimum absolute atomic E-state index is 0.185. The number of benzene rings is 1. The van der Waals surface area contributed by atoms with E-state index in [1.807, 2.05) is 11.9 Å². The van der Waals surface area contributed by atoms with Crippen LogP contribution in [-0.2, 0) is 22.6 Å². The third kappa shape index (κ3) is 5.74. The van der Waals surface area contributed by atoms with Crippen molar-refractivity contribution >= 4 is 17.6 Å². The largest absolute Gasteiger partial charge is 0.384 e. The molecule has 0 spiro atoms. The van der Waals surface area contributed by atoms with Gasteiger partial charge in [-0.25, -0.2) is 9.37 Å². The van der Waals surface area contributed by atoms with E-state index in [1.165, 1.54) is 12.1 Å². The standard InChI is InChI=1S/C21H26FN5O2/c1-27-9-3-6-18(27)21(29)26-17(11-14-4-2-5-16(22)10-14)20(28)25-13-15-7-8-19(23)24-12-15/h2,4-5,7-8,10,12,17-18H,3,6,9,11,13H2,1H3,(H2,23,24)(H,25,28)(H,26,29)/t17-,18+/m0/s1. The van der Waals surface area contributed by atoms with E-state index in [4.69, 9.17) is 5.73 Å². The second kappa shape index (κ2) is 9.47. The molecule has 29 heavy (non-hydrogen) atoms. The monoisotopic (exact) mass is 399 g/mol. The number of nitrogens with two attached hydrogens (primary N) is 1. The molecule has 0 unspecified atom stereocenters. The highest BCUT2D eigenvalue weighted by Gasteiger charge is 2.31. The molecule has 154 valence electrons. The smallest absolute Gasteiger partial charge is 0.243 e. The number of carbonyl (C=O) groups excluding carboxylic acids is 2. The number of nitrogens with one attached hydrogen (secondary N) is 2. The molecule has 1 aromatic heterocycles. The number of nitrogens with zero attached hydrogens (tertiary/aromatic N) is 2. The van der Waals surface area contributed by atoms with Crippen LogP contribution in [0.15, 0.2) is 42.6 Å². The molecular formula is C21H26FN5O2. The Morgan fingerprint density at radius 2 is 2.14 bits per heavy atom. The highest BCUT2D eigenvalue weighted by Crippen LogP contribution is 2.15. The fourth-order valence-corrected chi connectivity index (χ4v) is 3.47. The van der Waals surface area contributed by atoms with Crippen LogP contribution in [0.2, 0.25) is 0 Å². The predicted molar refractivity (Wildman–Crippen MR) is 108 cm³/mol. The van der Waals surface area contributed by atoms with E-state index in [0.717, 1.165) is 24.9 Å². The zero-order valence-corrected chi connectivity index (χ0v) is 16.4. The first-order chi connectivity index (χ1) is 13.9. The fraction of sp³-hybridized carbons (Fsp3) is 0.381. The Hall–Kier alpha value is -3.00. The first-order valence-electron chi connectivity index (χ1n) is 9.65. The average Bonchev–Trinajstić information content (AvgIpc) is 3.13. The van der Waals surface area contributed by atoms with E-state index in [-0.39, 0.29) is 36.6 Å². The maximum Gasteiger partial charge on any atom is 0.243 e. The van der Waals surface area contributed by atoms with Crippen LogP contribution in [0.5, 0.6) is 0 Å². The Kier molecular flexibility index (Phi) is 6.77. The Bertz CT molecular complexity index is 858. The van der Waals surface area contributed by atoms with Crippen LogP contribution in [0.25, 0.3) is 0 Å². The highest BCUT2D eigenvalue weighted by atomic mass is 19.1. The van der Waals surface area contributed by atoms with Crippen molar-refractivity contribution < 1.29 is 14.0 Å². The van der Waals surface area contributed by atoms with Crippen molar-refractivity contribution in [1.82, 2.24) is 20.5 Å². The Morgan fingerprint density at radius 3 is 2.79 bits per heavy atom.